The average Bonchev–Trinajstić information content (AvgIpc) is 2.50. The molecule has 0 spiro atoms. The molecule has 3 aliphatic heterocycles. The molecule has 2 fully saturated rings. The molecular formula is C15H25AlClN3O. The third-order valence-electron chi connectivity index (χ3n) is 5.07. The Morgan fingerprint density at radius 3 is 3.00 bits per heavy atom. The van der Waals surface area contributed by atoms with Crippen LogP contribution in [0.15, 0.2) is 16.2 Å². The molecule has 0 N–H and O–H groups in total. The third-order valence-corrected chi connectivity index (χ3v) is 5.87. The fraction of sp³-hybridized carbons (Fsp3) is 0.800. The lowest BCUT2D eigenvalue weighted by Gasteiger charge is -2.47. The zero-order chi connectivity index (χ0) is 14.8. The van der Waals surface area contributed by atoms with Gasteiger partial charge in [-0.1, -0.05) is 18.5 Å². The van der Waals surface area contributed by atoms with E-state index in [0.29, 0.717) is 12.0 Å². The van der Waals surface area contributed by atoms with Gasteiger partial charge in [0, 0.05) is 62.4 Å². The maximum atomic E-state index is 6.15. The molecule has 6 heteroatoms. The van der Waals surface area contributed by atoms with Crippen LogP contribution in [0.1, 0.15) is 26.2 Å². The Labute approximate surface area is 140 Å². The van der Waals surface area contributed by atoms with E-state index < -0.39 is 0 Å². The van der Waals surface area contributed by atoms with Crippen LogP contribution < -0.4 is 0 Å². The first-order valence-corrected chi connectivity index (χ1v) is 9.27. The van der Waals surface area contributed by atoms with Crippen molar-refractivity contribution in [2.24, 2.45) is 16.8 Å². The van der Waals surface area contributed by atoms with Crippen LogP contribution in [0.3, 0.4) is 0 Å². The molecule has 0 bridgehead atoms. The second kappa shape index (κ2) is 7.02. The van der Waals surface area contributed by atoms with Crippen molar-refractivity contribution in [1.82, 2.24) is 9.80 Å². The first-order chi connectivity index (χ1) is 10.2. The number of rotatable bonds is 2. The summed E-state index contributed by atoms with van der Waals surface area (Å²) in [5, 5.41) is 0.890. The SMILES string of the molecule is CC1CC(N2CCN3CC(C[O][AlH2])CCC3C2)=NC=C1Cl. The molecule has 3 heterocycles. The van der Waals surface area contributed by atoms with Gasteiger partial charge in [-0.25, -0.2) is 4.99 Å². The molecule has 0 aliphatic carbocycles. The second-order valence-corrected chi connectivity index (χ2v) is 7.67. The van der Waals surface area contributed by atoms with E-state index >= 15 is 0 Å². The van der Waals surface area contributed by atoms with Crippen molar-refractivity contribution in [3.8, 4) is 0 Å². The van der Waals surface area contributed by atoms with Crippen LogP contribution >= 0.6 is 11.6 Å². The Morgan fingerprint density at radius 2 is 2.24 bits per heavy atom. The number of hydrogen-bond donors (Lipinski definition) is 0. The Morgan fingerprint density at radius 1 is 1.38 bits per heavy atom. The van der Waals surface area contributed by atoms with Gasteiger partial charge < -0.3 is 8.69 Å². The van der Waals surface area contributed by atoms with Crippen molar-refractivity contribution in [3.05, 3.63) is 11.2 Å². The number of piperazine rings is 1. The number of hydrogen-bond acceptors (Lipinski definition) is 4. The standard InChI is InChI=1S/C15H23ClN3O.Al.2H/c1-11-6-15(17-7-14(11)16)19-5-4-18-8-12(10-20)2-3-13(18)9-19;;;/h7,11-13H,2-6,8-10H2,1H3;;;/q-1;+1;;. The predicted octanol–water partition coefficient (Wildman–Crippen LogP) is 1.47. The summed E-state index contributed by atoms with van der Waals surface area (Å²) in [6, 6.07) is 0.698. The Bertz CT molecular complexity index is 443. The van der Waals surface area contributed by atoms with Gasteiger partial charge in [-0.15, -0.1) is 0 Å². The number of piperidine rings is 1. The van der Waals surface area contributed by atoms with E-state index in [-0.39, 0.29) is 0 Å². The first-order valence-electron chi connectivity index (χ1n) is 8.07. The highest BCUT2D eigenvalue weighted by Gasteiger charge is 2.34. The largest absolute Gasteiger partial charge is 0.506 e. The van der Waals surface area contributed by atoms with Crippen LogP contribution in [0.5, 0.6) is 0 Å². The van der Waals surface area contributed by atoms with Crippen LogP contribution in [0.2, 0.25) is 0 Å². The quantitative estimate of drug-likeness (QED) is 0.720. The number of amidine groups is 1. The molecule has 21 heavy (non-hydrogen) atoms. The number of allylic oxidation sites excluding steroid dienone is 1. The monoisotopic (exact) mass is 325 g/mol. The smallest absolute Gasteiger partial charge is 0.410 e. The zero-order valence-electron chi connectivity index (χ0n) is 13.1. The molecule has 0 aromatic heterocycles. The molecule has 0 radical (unpaired) electrons. The topological polar surface area (TPSA) is 28.1 Å². The molecular weight excluding hydrogens is 301 g/mol. The highest BCUT2D eigenvalue weighted by atomic mass is 35.5. The molecule has 4 nitrogen and oxygen atoms in total. The van der Waals surface area contributed by atoms with Gasteiger partial charge in [-0.3, -0.25) is 4.90 Å². The van der Waals surface area contributed by atoms with Gasteiger partial charge in [0.1, 0.15) is 5.84 Å². The molecule has 0 aromatic carbocycles. The van der Waals surface area contributed by atoms with Gasteiger partial charge in [0.25, 0.3) is 0 Å². The van der Waals surface area contributed by atoms with Crippen molar-refractivity contribution in [2.45, 2.75) is 32.2 Å². The molecule has 3 unspecified atom stereocenters. The highest BCUT2D eigenvalue weighted by Crippen LogP contribution is 2.28. The minimum atomic E-state index is 0.416. The fourth-order valence-corrected chi connectivity index (χ4v) is 4.36. The van der Waals surface area contributed by atoms with E-state index in [0.717, 1.165) is 60.2 Å². The molecule has 2 saturated heterocycles. The van der Waals surface area contributed by atoms with Crippen LogP contribution in [0.4, 0.5) is 0 Å². The fourth-order valence-electron chi connectivity index (χ4n) is 3.76. The number of nitrogens with zero attached hydrogens (tertiary/aromatic N) is 3. The lowest BCUT2D eigenvalue weighted by atomic mass is 9.91. The number of aliphatic imine (C=N–C) groups is 1. The summed E-state index contributed by atoms with van der Waals surface area (Å²) in [4.78, 5) is 9.74. The summed E-state index contributed by atoms with van der Waals surface area (Å²) in [7, 11) is 0. The van der Waals surface area contributed by atoms with Gasteiger partial charge in [-0.05, 0) is 18.8 Å². The van der Waals surface area contributed by atoms with Gasteiger partial charge in [0.2, 0.25) is 0 Å². The van der Waals surface area contributed by atoms with Crippen LogP contribution in [0.25, 0.3) is 0 Å². The van der Waals surface area contributed by atoms with Crippen molar-refractivity contribution in [3.63, 3.8) is 0 Å². The van der Waals surface area contributed by atoms with E-state index in [2.05, 4.69) is 21.7 Å². The summed E-state index contributed by atoms with van der Waals surface area (Å²) in [5.41, 5.74) is 0. The normalized spacial score (nSPS) is 34.2. The summed E-state index contributed by atoms with van der Waals surface area (Å²) in [5.74, 6) is 2.40. The van der Waals surface area contributed by atoms with E-state index in [4.69, 9.17) is 15.4 Å². The van der Waals surface area contributed by atoms with Crippen LogP contribution in [0, 0.1) is 11.8 Å². The highest BCUT2D eigenvalue weighted by molar-refractivity contribution is 6.30. The molecule has 0 amide bonds. The lowest BCUT2D eigenvalue weighted by Crippen LogP contribution is -2.58. The van der Waals surface area contributed by atoms with Gasteiger partial charge in [0.05, 0.1) is 0 Å². The predicted molar refractivity (Wildman–Crippen MR) is 89.3 cm³/mol. The van der Waals surface area contributed by atoms with E-state index in [1.54, 1.807) is 0 Å². The van der Waals surface area contributed by atoms with Gasteiger partial charge in [0.15, 0.2) is 0 Å². The summed E-state index contributed by atoms with van der Waals surface area (Å²) in [6.07, 6.45) is 5.44. The first kappa shape index (κ1) is 15.8. The maximum absolute atomic E-state index is 6.15. The van der Waals surface area contributed by atoms with Crippen molar-refractivity contribution in [1.29, 1.82) is 0 Å². The van der Waals surface area contributed by atoms with Gasteiger partial charge >= 0.3 is 16.6 Å². The molecule has 3 atom stereocenters. The molecule has 0 saturated carbocycles. The minimum absolute atomic E-state index is 0.416. The van der Waals surface area contributed by atoms with Gasteiger partial charge in [-0.2, -0.15) is 0 Å². The average molecular weight is 326 g/mol. The summed E-state index contributed by atoms with van der Waals surface area (Å²) < 4.78 is 5.46. The summed E-state index contributed by atoms with van der Waals surface area (Å²) in [6.45, 7) is 7.76. The molecule has 0 aromatic rings. The second-order valence-electron chi connectivity index (χ2n) is 6.66. The number of halogens is 1. The minimum Gasteiger partial charge on any atom is -0.506 e. The molecule has 3 rings (SSSR count). The zero-order valence-corrected chi connectivity index (χ0v) is 15.9. The van der Waals surface area contributed by atoms with E-state index in [1.807, 2.05) is 6.20 Å². The Hall–Kier alpha value is -0.0475. The van der Waals surface area contributed by atoms with Crippen molar-refractivity contribution < 1.29 is 3.79 Å². The lowest BCUT2D eigenvalue weighted by molar-refractivity contribution is 0.0392. The summed E-state index contributed by atoms with van der Waals surface area (Å²) >= 11 is 7.01. The van der Waals surface area contributed by atoms with Crippen LogP contribution in [-0.2, 0) is 3.79 Å². The maximum Gasteiger partial charge on any atom is 0.410 e. The van der Waals surface area contributed by atoms with Crippen molar-refractivity contribution in [2.75, 3.05) is 32.8 Å². The molecule has 116 valence electrons. The van der Waals surface area contributed by atoms with Crippen molar-refractivity contribution >= 4 is 34.1 Å². The Kier molecular flexibility index (Phi) is 5.29. The number of fused-ring (bicyclic) bond motifs is 1. The molecule has 3 aliphatic rings. The third kappa shape index (κ3) is 3.65. The van der Waals surface area contributed by atoms with E-state index in [1.165, 1.54) is 25.2 Å². The van der Waals surface area contributed by atoms with Crippen LogP contribution in [-0.4, -0.2) is 71.1 Å². The van der Waals surface area contributed by atoms with E-state index in [9.17, 15) is 0 Å². The Balaban J connectivity index is 1.59.